The number of rotatable bonds is 7. The molecule has 0 spiro atoms. The second kappa shape index (κ2) is 7.79. The Bertz CT molecular complexity index is 416. The smallest absolute Gasteiger partial charge is 0.257 e. The molecule has 0 saturated carbocycles. The Morgan fingerprint density at radius 3 is 2.79 bits per heavy atom. The molecule has 1 amide bonds. The summed E-state index contributed by atoms with van der Waals surface area (Å²) < 4.78 is 5.55. The average Bonchev–Trinajstić information content (AvgIpc) is 2.37. The van der Waals surface area contributed by atoms with Gasteiger partial charge in [-0.25, -0.2) is 0 Å². The molecule has 1 aromatic rings. The van der Waals surface area contributed by atoms with Crippen molar-refractivity contribution >= 4 is 5.91 Å². The van der Waals surface area contributed by atoms with Gasteiger partial charge in [0.05, 0.1) is 0 Å². The summed E-state index contributed by atoms with van der Waals surface area (Å²) in [4.78, 5) is 11.5. The standard InChI is InChI=1S/C15H23NO3/c1-11(2)13-6-5-12(3)14(9-13)19-10-15(18)16-7-4-8-17/h5-6,9,11,17H,4,7-8,10H2,1-3H3,(H,16,18). The van der Waals surface area contributed by atoms with Crippen LogP contribution in [0.15, 0.2) is 18.2 Å². The lowest BCUT2D eigenvalue weighted by Gasteiger charge is -2.12. The zero-order chi connectivity index (χ0) is 14.3. The first-order chi connectivity index (χ1) is 9.04. The third-order valence-corrected chi connectivity index (χ3v) is 2.89. The number of hydrogen-bond acceptors (Lipinski definition) is 3. The van der Waals surface area contributed by atoms with E-state index in [0.717, 1.165) is 11.3 Å². The predicted molar refractivity (Wildman–Crippen MR) is 75.5 cm³/mol. The van der Waals surface area contributed by atoms with Gasteiger partial charge in [0.1, 0.15) is 5.75 Å². The topological polar surface area (TPSA) is 58.6 Å². The highest BCUT2D eigenvalue weighted by molar-refractivity contribution is 5.77. The lowest BCUT2D eigenvalue weighted by Crippen LogP contribution is -2.30. The van der Waals surface area contributed by atoms with Crippen LogP contribution < -0.4 is 10.1 Å². The molecule has 1 aromatic carbocycles. The Labute approximate surface area is 114 Å². The summed E-state index contributed by atoms with van der Waals surface area (Å²) >= 11 is 0. The fourth-order valence-electron chi connectivity index (χ4n) is 1.63. The van der Waals surface area contributed by atoms with Gasteiger partial charge in [-0.1, -0.05) is 26.0 Å². The van der Waals surface area contributed by atoms with Crippen molar-refractivity contribution in [3.05, 3.63) is 29.3 Å². The zero-order valence-electron chi connectivity index (χ0n) is 11.9. The van der Waals surface area contributed by atoms with Gasteiger partial charge in [-0.2, -0.15) is 0 Å². The molecule has 0 bridgehead atoms. The van der Waals surface area contributed by atoms with Crippen molar-refractivity contribution in [2.75, 3.05) is 19.8 Å². The molecule has 0 aliphatic carbocycles. The maximum Gasteiger partial charge on any atom is 0.257 e. The van der Waals surface area contributed by atoms with Gasteiger partial charge in [0.2, 0.25) is 0 Å². The first kappa shape index (κ1) is 15.5. The fraction of sp³-hybridized carbons (Fsp3) is 0.533. The third kappa shape index (κ3) is 5.30. The molecule has 19 heavy (non-hydrogen) atoms. The largest absolute Gasteiger partial charge is 0.483 e. The number of nitrogens with one attached hydrogen (secondary N) is 1. The van der Waals surface area contributed by atoms with Crippen molar-refractivity contribution < 1.29 is 14.6 Å². The minimum atomic E-state index is -0.164. The van der Waals surface area contributed by atoms with Crippen LogP contribution in [0.4, 0.5) is 0 Å². The first-order valence-electron chi connectivity index (χ1n) is 6.65. The van der Waals surface area contributed by atoms with E-state index in [9.17, 15) is 4.79 Å². The molecule has 0 radical (unpaired) electrons. The van der Waals surface area contributed by atoms with E-state index in [1.54, 1.807) is 0 Å². The highest BCUT2D eigenvalue weighted by atomic mass is 16.5. The number of carbonyl (C=O) groups is 1. The number of carbonyl (C=O) groups excluding carboxylic acids is 1. The molecular formula is C15H23NO3. The highest BCUT2D eigenvalue weighted by Gasteiger charge is 2.07. The average molecular weight is 265 g/mol. The molecule has 0 aromatic heterocycles. The van der Waals surface area contributed by atoms with Crippen LogP contribution in [-0.2, 0) is 4.79 Å². The van der Waals surface area contributed by atoms with Crippen LogP contribution in [0, 0.1) is 6.92 Å². The summed E-state index contributed by atoms with van der Waals surface area (Å²) in [6.07, 6.45) is 0.563. The summed E-state index contributed by atoms with van der Waals surface area (Å²) in [6, 6.07) is 6.07. The van der Waals surface area contributed by atoms with Crippen molar-refractivity contribution in [2.45, 2.75) is 33.1 Å². The number of ether oxygens (including phenoxy) is 1. The molecule has 0 atom stereocenters. The first-order valence-corrected chi connectivity index (χ1v) is 6.65. The predicted octanol–water partition coefficient (Wildman–Crippen LogP) is 2.00. The van der Waals surface area contributed by atoms with Crippen LogP contribution in [0.3, 0.4) is 0 Å². The highest BCUT2D eigenvalue weighted by Crippen LogP contribution is 2.24. The van der Waals surface area contributed by atoms with Crippen molar-refractivity contribution in [3.8, 4) is 5.75 Å². The second-order valence-electron chi connectivity index (χ2n) is 4.90. The molecule has 0 aliphatic heterocycles. The van der Waals surface area contributed by atoms with Crippen molar-refractivity contribution in [3.63, 3.8) is 0 Å². The lowest BCUT2D eigenvalue weighted by molar-refractivity contribution is -0.123. The van der Waals surface area contributed by atoms with E-state index in [4.69, 9.17) is 9.84 Å². The number of aliphatic hydroxyl groups is 1. The summed E-state index contributed by atoms with van der Waals surface area (Å²) in [5, 5.41) is 11.3. The van der Waals surface area contributed by atoms with Crippen LogP contribution >= 0.6 is 0 Å². The molecular weight excluding hydrogens is 242 g/mol. The lowest BCUT2D eigenvalue weighted by atomic mass is 10.0. The van der Waals surface area contributed by atoms with E-state index < -0.39 is 0 Å². The van der Waals surface area contributed by atoms with E-state index in [1.807, 2.05) is 19.1 Å². The molecule has 2 N–H and O–H groups in total. The molecule has 4 heteroatoms. The number of aliphatic hydroxyl groups excluding tert-OH is 1. The molecule has 106 valence electrons. The van der Waals surface area contributed by atoms with Crippen LogP contribution in [-0.4, -0.2) is 30.8 Å². The maximum atomic E-state index is 11.5. The van der Waals surface area contributed by atoms with Crippen molar-refractivity contribution in [1.29, 1.82) is 0 Å². The van der Waals surface area contributed by atoms with Gasteiger partial charge < -0.3 is 15.2 Å². The van der Waals surface area contributed by atoms with E-state index in [2.05, 4.69) is 25.2 Å². The van der Waals surface area contributed by atoms with Gasteiger partial charge in [0.15, 0.2) is 6.61 Å². The summed E-state index contributed by atoms with van der Waals surface area (Å²) in [5.41, 5.74) is 2.22. The maximum absolute atomic E-state index is 11.5. The Balaban J connectivity index is 2.52. The molecule has 0 fully saturated rings. The Hall–Kier alpha value is -1.55. The van der Waals surface area contributed by atoms with Crippen molar-refractivity contribution in [1.82, 2.24) is 5.32 Å². The molecule has 0 heterocycles. The normalized spacial score (nSPS) is 10.6. The third-order valence-electron chi connectivity index (χ3n) is 2.89. The van der Waals surface area contributed by atoms with Crippen LogP contribution in [0.1, 0.15) is 37.3 Å². The van der Waals surface area contributed by atoms with Gasteiger partial charge in [0.25, 0.3) is 5.91 Å². The summed E-state index contributed by atoms with van der Waals surface area (Å²) in [7, 11) is 0. The van der Waals surface area contributed by atoms with E-state index in [0.29, 0.717) is 18.9 Å². The van der Waals surface area contributed by atoms with Gasteiger partial charge in [-0.05, 0) is 36.5 Å². The monoisotopic (exact) mass is 265 g/mol. The number of benzene rings is 1. The summed E-state index contributed by atoms with van der Waals surface area (Å²) in [6.45, 7) is 6.77. The minimum Gasteiger partial charge on any atom is -0.483 e. The van der Waals surface area contributed by atoms with E-state index >= 15 is 0 Å². The number of hydrogen-bond donors (Lipinski definition) is 2. The number of aryl methyl sites for hydroxylation is 1. The minimum absolute atomic E-state index is 0.00776. The molecule has 4 nitrogen and oxygen atoms in total. The second-order valence-corrected chi connectivity index (χ2v) is 4.90. The van der Waals surface area contributed by atoms with Crippen LogP contribution in [0.5, 0.6) is 5.75 Å². The van der Waals surface area contributed by atoms with Gasteiger partial charge in [-0.15, -0.1) is 0 Å². The molecule has 0 aliphatic rings. The molecule has 1 rings (SSSR count). The van der Waals surface area contributed by atoms with Crippen LogP contribution in [0.25, 0.3) is 0 Å². The van der Waals surface area contributed by atoms with Crippen LogP contribution in [0.2, 0.25) is 0 Å². The summed E-state index contributed by atoms with van der Waals surface area (Å²) in [5.74, 6) is 1.02. The van der Waals surface area contributed by atoms with Crippen molar-refractivity contribution in [2.24, 2.45) is 0 Å². The zero-order valence-corrected chi connectivity index (χ0v) is 11.9. The van der Waals surface area contributed by atoms with Gasteiger partial charge in [0, 0.05) is 13.2 Å². The Kier molecular flexibility index (Phi) is 6.36. The van der Waals surface area contributed by atoms with Gasteiger partial charge >= 0.3 is 0 Å². The number of amides is 1. The molecule has 0 saturated heterocycles. The van der Waals surface area contributed by atoms with Gasteiger partial charge in [-0.3, -0.25) is 4.79 Å². The Morgan fingerprint density at radius 2 is 2.16 bits per heavy atom. The molecule has 0 unspecified atom stereocenters. The Morgan fingerprint density at radius 1 is 1.42 bits per heavy atom. The van der Waals surface area contributed by atoms with E-state index in [1.165, 1.54) is 5.56 Å². The van der Waals surface area contributed by atoms with E-state index in [-0.39, 0.29) is 19.1 Å². The quantitative estimate of drug-likeness (QED) is 0.741. The SMILES string of the molecule is Cc1ccc(C(C)C)cc1OCC(=O)NCCCO. The fourth-order valence-corrected chi connectivity index (χ4v) is 1.63.